The summed E-state index contributed by atoms with van der Waals surface area (Å²) in [5, 5.41) is 0. The van der Waals surface area contributed by atoms with Crippen molar-refractivity contribution in [2.75, 3.05) is 0 Å². The van der Waals surface area contributed by atoms with Crippen LogP contribution in [0.15, 0.2) is 36.4 Å². The molecule has 87 valence electrons. The van der Waals surface area contributed by atoms with Gasteiger partial charge >= 0.3 is 0 Å². The van der Waals surface area contributed by atoms with E-state index in [1.54, 1.807) is 0 Å². The summed E-state index contributed by atoms with van der Waals surface area (Å²) >= 11 is 0. The van der Waals surface area contributed by atoms with Crippen LogP contribution in [-0.2, 0) is 0 Å². The number of aryl methyl sites for hydroxylation is 3. The standard InChI is InChI=1S/C16H17O/c1-11-9-13(3)16(14(4)10-11)17-15-8-6-5-7-12(15)2/h5-10H,2H2,1,3-4H3. The second-order valence-electron chi connectivity index (χ2n) is 4.44. The van der Waals surface area contributed by atoms with Gasteiger partial charge in [-0.25, -0.2) is 0 Å². The SMILES string of the molecule is [CH2]c1ccccc1Oc1c(C)cc(C)cc1C. The molecule has 1 heteroatoms. The highest BCUT2D eigenvalue weighted by molar-refractivity contribution is 5.47. The number of rotatable bonds is 2. The third-order valence-corrected chi connectivity index (χ3v) is 2.79. The van der Waals surface area contributed by atoms with Crippen molar-refractivity contribution in [3.8, 4) is 11.5 Å². The Morgan fingerprint density at radius 1 is 0.941 bits per heavy atom. The number of ether oxygens (including phenoxy) is 1. The Labute approximate surface area is 103 Å². The van der Waals surface area contributed by atoms with Crippen LogP contribution in [-0.4, -0.2) is 0 Å². The van der Waals surface area contributed by atoms with Crippen LogP contribution in [0.1, 0.15) is 22.3 Å². The lowest BCUT2D eigenvalue weighted by Crippen LogP contribution is -1.93. The van der Waals surface area contributed by atoms with Gasteiger partial charge in [0.25, 0.3) is 0 Å². The molecule has 0 aliphatic heterocycles. The Bertz CT molecular complexity index is 518. The molecule has 0 aromatic heterocycles. The van der Waals surface area contributed by atoms with E-state index >= 15 is 0 Å². The molecule has 0 unspecified atom stereocenters. The molecular weight excluding hydrogens is 208 g/mol. The van der Waals surface area contributed by atoms with E-state index in [2.05, 4.69) is 39.8 Å². The molecule has 0 fully saturated rings. The highest BCUT2D eigenvalue weighted by Crippen LogP contribution is 2.31. The zero-order valence-corrected chi connectivity index (χ0v) is 10.6. The molecule has 0 bridgehead atoms. The summed E-state index contributed by atoms with van der Waals surface area (Å²) in [5.41, 5.74) is 4.48. The van der Waals surface area contributed by atoms with Gasteiger partial charge in [-0.2, -0.15) is 0 Å². The summed E-state index contributed by atoms with van der Waals surface area (Å²) < 4.78 is 5.96. The second kappa shape index (κ2) is 4.62. The fraction of sp³-hybridized carbons (Fsp3) is 0.188. The summed E-state index contributed by atoms with van der Waals surface area (Å²) in [6.07, 6.45) is 0. The first-order chi connectivity index (χ1) is 8.08. The first-order valence-corrected chi connectivity index (χ1v) is 5.74. The molecule has 0 N–H and O–H groups in total. The lowest BCUT2D eigenvalue weighted by molar-refractivity contribution is 0.473. The van der Waals surface area contributed by atoms with Gasteiger partial charge in [0, 0.05) is 0 Å². The molecule has 0 heterocycles. The second-order valence-corrected chi connectivity index (χ2v) is 4.44. The summed E-state index contributed by atoms with van der Waals surface area (Å²) in [6.45, 7) is 10.2. The van der Waals surface area contributed by atoms with E-state index in [1.165, 1.54) is 5.56 Å². The van der Waals surface area contributed by atoms with E-state index in [9.17, 15) is 0 Å². The van der Waals surface area contributed by atoms with Crippen LogP contribution >= 0.6 is 0 Å². The quantitative estimate of drug-likeness (QED) is 0.726. The predicted molar refractivity (Wildman–Crippen MR) is 71.6 cm³/mol. The maximum absolute atomic E-state index is 5.96. The first-order valence-electron chi connectivity index (χ1n) is 5.74. The molecule has 1 radical (unpaired) electrons. The lowest BCUT2D eigenvalue weighted by Gasteiger charge is -2.14. The number of para-hydroxylation sites is 1. The monoisotopic (exact) mass is 225 g/mol. The highest BCUT2D eigenvalue weighted by Gasteiger charge is 2.07. The molecule has 0 aliphatic carbocycles. The third-order valence-electron chi connectivity index (χ3n) is 2.79. The topological polar surface area (TPSA) is 9.23 Å². The summed E-state index contributed by atoms with van der Waals surface area (Å²) in [4.78, 5) is 0. The van der Waals surface area contributed by atoms with Gasteiger partial charge in [-0.05, 0) is 50.5 Å². The molecule has 0 aliphatic rings. The Morgan fingerprint density at radius 3 is 2.12 bits per heavy atom. The van der Waals surface area contributed by atoms with Crippen LogP contribution in [0.4, 0.5) is 0 Å². The summed E-state index contributed by atoms with van der Waals surface area (Å²) in [7, 11) is 0. The molecule has 0 atom stereocenters. The van der Waals surface area contributed by atoms with Crippen LogP contribution < -0.4 is 4.74 Å². The normalized spacial score (nSPS) is 10.4. The number of benzene rings is 2. The molecule has 2 aromatic carbocycles. The van der Waals surface area contributed by atoms with Crippen molar-refractivity contribution < 1.29 is 4.74 Å². The number of hydrogen-bond donors (Lipinski definition) is 0. The summed E-state index contributed by atoms with van der Waals surface area (Å²) in [6, 6.07) is 12.1. The predicted octanol–water partition coefficient (Wildman–Crippen LogP) is 4.59. The van der Waals surface area contributed by atoms with Crippen LogP contribution in [0.25, 0.3) is 0 Å². The van der Waals surface area contributed by atoms with Crippen molar-refractivity contribution in [1.82, 2.24) is 0 Å². The maximum atomic E-state index is 5.96. The average molecular weight is 225 g/mol. The molecule has 17 heavy (non-hydrogen) atoms. The molecule has 0 spiro atoms. The Hall–Kier alpha value is -1.76. The minimum absolute atomic E-state index is 0.822. The van der Waals surface area contributed by atoms with Crippen LogP contribution in [0.3, 0.4) is 0 Å². The van der Waals surface area contributed by atoms with Gasteiger partial charge < -0.3 is 4.74 Å². The van der Waals surface area contributed by atoms with E-state index in [-0.39, 0.29) is 0 Å². The van der Waals surface area contributed by atoms with E-state index in [1.807, 2.05) is 24.3 Å². The van der Waals surface area contributed by atoms with Crippen molar-refractivity contribution in [1.29, 1.82) is 0 Å². The van der Waals surface area contributed by atoms with E-state index in [4.69, 9.17) is 4.74 Å². The molecule has 0 amide bonds. The van der Waals surface area contributed by atoms with Crippen molar-refractivity contribution in [3.05, 3.63) is 65.6 Å². The molecular formula is C16H17O. The van der Waals surface area contributed by atoms with Gasteiger partial charge in [0.2, 0.25) is 0 Å². The molecule has 0 saturated carbocycles. The molecule has 0 saturated heterocycles. The zero-order valence-electron chi connectivity index (χ0n) is 10.6. The van der Waals surface area contributed by atoms with Gasteiger partial charge in [-0.1, -0.05) is 35.9 Å². The van der Waals surface area contributed by atoms with Gasteiger partial charge in [-0.15, -0.1) is 0 Å². The van der Waals surface area contributed by atoms with Crippen molar-refractivity contribution in [3.63, 3.8) is 0 Å². The smallest absolute Gasteiger partial charge is 0.133 e. The van der Waals surface area contributed by atoms with Gasteiger partial charge in [0.15, 0.2) is 0 Å². The molecule has 2 aromatic rings. The van der Waals surface area contributed by atoms with E-state index in [0.29, 0.717) is 0 Å². The minimum Gasteiger partial charge on any atom is -0.457 e. The maximum Gasteiger partial charge on any atom is 0.133 e. The van der Waals surface area contributed by atoms with Gasteiger partial charge in [0.1, 0.15) is 11.5 Å². The van der Waals surface area contributed by atoms with Crippen LogP contribution in [0, 0.1) is 27.7 Å². The van der Waals surface area contributed by atoms with Crippen LogP contribution in [0.5, 0.6) is 11.5 Å². The fourth-order valence-corrected chi connectivity index (χ4v) is 2.04. The number of hydrogen-bond acceptors (Lipinski definition) is 1. The van der Waals surface area contributed by atoms with E-state index < -0.39 is 0 Å². The molecule has 1 nitrogen and oxygen atoms in total. The van der Waals surface area contributed by atoms with Crippen molar-refractivity contribution in [2.45, 2.75) is 20.8 Å². The minimum atomic E-state index is 0.822. The highest BCUT2D eigenvalue weighted by atomic mass is 16.5. The van der Waals surface area contributed by atoms with Gasteiger partial charge in [0.05, 0.1) is 0 Å². The Balaban J connectivity index is 2.40. The summed E-state index contributed by atoms with van der Waals surface area (Å²) in [5.74, 6) is 1.76. The molecule has 2 rings (SSSR count). The first kappa shape index (κ1) is 11.7. The van der Waals surface area contributed by atoms with Crippen molar-refractivity contribution in [2.24, 2.45) is 0 Å². The lowest BCUT2D eigenvalue weighted by atomic mass is 10.1. The third kappa shape index (κ3) is 2.50. The largest absolute Gasteiger partial charge is 0.457 e. The van der Waals surface area contributed by atoms with E-state index in [0.717, 1.165) is 28.2 Å². The van der Waals surface area contributed by atoms with Crippen LogP contribution in [0.2, 0.25) is 0 Å². The Kier molecular flexibility index (Phi) is 3.19. The van der Waals surface area contributed by atoms with Crippen molar-refractivity contribution >= 4 is 0 Å². The Morgan fingerprint density at radius 2 is 1.53 bits per heavy atom. The van der Waals surface area contributed by atoms with Gasteiger partial charge in [-0.3, -0.25) is 0 Å². The average Bonchev–Trinajstić information content (AvgIpc) is 2.25. The zero-order chi connectivity index (χ0) is 12.4. The fourth-order valence-electron chi connectivity index (χ4n) is 2.04.